The monoisotopic (exact) mass is 345 g/mol. The zero-order chi connectivity index (χ0) is 18.6. The normalized spacial score (nSPS) is 20.4. The summed E-state index contributed by atoms with van der Waals surface area (Å²) >= 11 is 0. The molecule has 0 saturated carbocycles. The smallest absolute Gasteiger partial charge is 0.329 e. The Morgan fingerprint density at radius 3 is 2.36 bits per heavy atom. The van der Waals surface area contributed by atoms with Crippen molar-refractivity contribution in [2.75, 3.05) is 13.2 Å². The molecule has 1 unspecified atom stereocenters. The average molecular weight is 345 g/mol. The number of likely N-dealkylation sites (tertiary alicyclic amines) is 1. The summed E-state index contributed by atoms with van der Waals surface area (Å²) in [6.07, 6.45) is 1.35. The van der Waals surface area contributed by atoms with Crippen molar-refractivity contribution in [3.63, 3.8) is 0 Å². The molecule has 0 radical (unpaired) electrons. The van der Waals surface area contributed by atoms with Crippen LogP contribution < -0.4 is 0 Å². The maximum Gasteiger partial charge on any atom is 0.329 e. The van der Waals surface area contributed by atoms with Crippen molar-refractivity contribution >= 4 is 17.7 Å². The summed E-state index contributed by atoms with van der Waals surface area (Å²) in [6.45, 7) is 7.74. The van der Waals surface area contributed by atoms with Crippen molar-refractivity contribution in [1.82, 2.24) is 4.90 Å². The van der Waals surface area contributed by atoms with E-state index in [1.54, 1.807) is 20.8 Å². The summed E-state index contributed by atoms with van der Waals surface area (Å²) in [5, 5.41) is 0. The maximum absolute atomic E-state index is 12.7. The molecule has 1 heterocycles. The molecule has 1 aromatic carbocycles. The van der Waals surface area contributed by atoms with Gasteiger partial charge in [0.1, 0.15) is 6.04 Å². The first-order chi connectivity index (χ1) is 11.8. The van der Waals surface area contributed by atoms with Crippen LogP contribution in [-0.4, -0.2) is 41.8 Å². The molecule has 0 bridgehead atoms. The number of nitrogens with zero attached hydrogens (tertiary/aromatic N) is 1. The Morgan fingerprint density at radius 2 is 1.80 bits per heavy atom. The number of carbonyl (C=O) groups is 3. The predicted molar refractivity (Wildman–Crippen MR) is 95.0 cm³/mol. The van der Waals surface area contributed by atoms with E-state index in [9.17, 15) is 14.4 Å². The van der Waals surface area contributed by atoms with Gasteiger partial charge in [-0.05, 0) is 18.4 Å². The third-order valence-electron chi connectivity index (χ3n) is 4.45. The Morgan fingerprint density at radius 1 is 1.16 bits per heavy atom. The van der Waals surface area contributed by atoms with Crippen LogP contribution in [0, 0.1) is 5.41 Å². The van der Waals surface area contributed by atoms with Crippen molar-refractivity contribution < 1.29 is 19.1 Å². The lowest BCUT2D eigenvalue weighted by Crippen LogP contribution is -2.48. The van der Waals surface area contributed by atoms with Gasteiger partial charge in [-0.25, -0.2) is 4.79 Å². The molecular weight excluding hydrogens is 318 g/mol. The number of carbonyl (C=O) groups excluding carboxylic acids is 3. The Balaban J connectivity index is 2.31. The topological polar surface area (TPSA) is 63.7 Å². The van der Waals surface area contributed by atoms with Crippen LogP contribution in [0.4, 0.5) is 0 Å². The number of Topliss-reactive ketones (excluding diaryl/α,β-unsaturated/α-hetero) is 1. The minimum atomic E-state index is -0.778. The van der Waals surface area contributed by atoms with E-state index in [0.717, 1.165) is 5.56 Å². The molecule has 1 aliphatic rings. The van der Waals surface area contributed by atoms with Crippen molar-refractivity contribution in [3.05, 3.63) is 35.9 Å². The SMILES string of the molecule is CCCOC(=O)[C@@H]1C(c2ccccc2)CCN1C(=O)C(=O)C(C)(C)C. The molecule has 25 heavy (non-hydrogen) atoms. The highest BCUT2D eigenvalue weighted by atomic mass is 16.5. The lowest BCUT2D eigenvalue weighted by Gasteiger charge is -2.28. The van der Waals surface area contributed by atoms with Gasteiger partial charge in [-0.15, -0.1) is 0 Å². The highest BCUT2D eigenvalue weighted by molar-refractivity contribution is 6.38. The number of amides is 1. The van der Waals surface area contributed by atoms with Gasteiger partial charge in [0.05, 0.1) is 6.61 Å². The molecular formula is C20H27NO4. The van der Waals surface area contributed by atoms with Gasteiger partial charge in [0.2, 0.25) is 5.78 Å². The average Bonchev–Trinajstić information content (AvgIpc) is 3.03. The Kier molecular flexibility index (Phi) is 5.98. The second kappa shape index (κ2) is 7.81. The molecule has 136 valence electrons. The Hall–Kier alpha value is -2.17. The first-order valence-corrected chi connectivity index (χ1v) is 8.84. The quantitative estimate of drug-likeness (QED) is 0.608. The summed E-state index contributed by atoms with van der Waals surface area (Å²) in [6, 6.07) is 8.89. The molecule has 5 nitrogen and oxygen atoms in total. The summed E-state index contributed by atoms with van der Waals surface area (Å²) in [5.41, 5.74) is 0.208. The molecule has 1 aliphatic heterocycles. The number of ether oxygens (including phenoxy) is 1. The zero-order valence-electron chi connectivity index (χ0n) is 15.5. The largest absolute Gasteiger partial charge is 0.464 e. The fourth-order valence-corrected chi connectivity index (χ4v) is 3.10. The van der Waals surface area contributed by atoms with Crippen LogP contribution in [0.15, 0.2) is 30.3 Å². The van der Waals surface area contributed by atoms with Crippen LogP contribution in [0.5, 0.6) is 0 Å². The number of benzene rings is 1. The number of esters is 1. The van der Waals surface area contributed by atoms with E-state index in [0.29, 0.717) is 26.0 Å². The van der Waals surface area contributed by atoms with E-state index in [2.05, 4.69) is 0 Å². The lowest BCUT2D eigenvalue weighted by molar-refractivity contribution is -0.157. The third kappa shape index (κ3) is 4.27. The second-order valence-corrected chi connectivity index (χ2v) is 7.50. The molecule has 1 saturated heterocycles. The van der Waals surface area contributed by atoms with Crippen LogP contribution in [0.1, 0.15) is 52.0 Å². The van der Waals surface area contributed by atoms with Gasteiger partial charge in [0.25, 0.3) is 5.91 Å². The van der Waals surface area contributed by atoms with Crippen molar-refractivity contribution in [3.8, 4) is 0 Å². The molecule has 2 atom stereocenters. The molecule has 0 aromatic heterocycles. The van der Waals surface area contributed by atoms with Gasteiger partial charge in [-0.3, -0.25) is 9.59 Å². The highest BCUT2D eigenvalue weighted by Gasteiger charge is 2.46. The van der Waals surface area contributed by atoms with Crippen LogP contribution in [0.2, 0.25) is 0 Å². The van der Waals surface area contributed by atoms with Crippen molar-refractivity contribution in [2.24, 2.45) is 5.41 Å². The molecule has 1 fully saturated rings. The predicted octanol–water partition coefficient (Wildman–Crippen LogP) is 2.94. The van der Waals surface area contributed by atoms with E-state index in [1.807, 2.05) is 37.3 Å². The molecule has 2 rings (SSSR count). The fraction of sp³-hybridized carbons (Fsp3) is 0.550. The molecule has 0 N–H and O–H groups in total. The number of ketones is 1. The number of rotatable bonds is 5. The number of hydrogen-bond acceptors (Lipinski definition) is 4. The van der Waals surface area contributed by atoms with Gasteiger partial charge < -0.3 is 9.64 Å². The second-order valence-electron chi connectivity index (χ2n) is 7.50. The minimum Gasteiger partial charge on any atom is -0.464 e. The molecule has 0 aliphatic carbocycles. The van der Waals surface area contributed by atoms with E-state index in [-0.39, 0.29) is 5.92 Å². The first-order valence-electron chi connectivity index (χ1n) is 8.84. The lowest BCUT2D eigenvalue weighted by atomic mass is 9.89. The van der Waals surface area contributed by atoms with Gasteiger partial charge in [0.15, 0.2) is 0 Å². The van der Waals surface area contributed by atoms with E-state index in [1.165, 1.54) is 4.90 Å². The summed E-state index contributed by atoms with van der Waals surface area (Å²) < 4.78 is 5.33. The van der Waals surface area contributed by atoms with Crippen molar-refractivity contribution in [2.45, 2.75) is 52.5 Å². The summed E-state index contributed by atoms with van der Waals surface area (Å²) in [4.78, 5) is 39.2. The van der Waals surface area contributed by atoms with Gasteiger partial charge in [-0.1, -0.05) is 58.0 Å². The standard InChI is InChI=1S/C20H27NO4/c1-5-13-25-19(24)16-15(14-9-7-6-8-10-14)11-12-21(16)18(23)17(22)20(2,3)4/h6-10,15-16H,5,11-13H2,1-4H3/t15?,16-/m0/s1. The van der Waals surface area contributed by atoms with Gasteiger partial charge in [-0.2, -0.15) is 0 Å². The molecule has 0 spiro atoms. The summed E-state index contributed by atoms with van der Waals surface area (Å²) in [7, 11) is 0. The van der Waals surface area contributed by atoms with E-state index < -0.39 is 29.1 Å². The van der Waals surface area contributed by atoms with Gasteiger partial charge in [0, 0.05) is 17.9 Å². The van der Waals surface area contributed by atoms with Gasteiger partial charge >= 0.3 is 5.97 Å². The Labute approximate surface area is 149 Å². The fourth-order valence-electron chi connectivity index (χ4n) is 3.10. The third-order valence-corrected chi connectivity index (χ3v) is 4.45. The van der Waals surface area contributed by atoms with Crippen LogP contribution >= 0.6 is 0 Å². The maximum atomic E-state index is 12.7. The van der Waals surface area contributed by atoms with Crippen LogP contribution in [0.3, 0.4) is 0 Å². The van der Waals surface area contributed by atoms with E-state index >= 15 is 0 Å². The molecule has 1 amide bonds. The van der Waals surface area contributed by atoms with Crippen molar-refractivity contribution in [1.29, 1.82) is 0 Å². The van der Waals surface area contributed by atoms with Crippen LogP contribution in [-0.2, 0) is 19.1 Å². The molecule has 1 aromatic rings. The number of hydrogen-bond donors (Lipinski definition) is 0. The first kappa shape index (κ1) is 19.2. The Bertz CT molecular complexity index is 633. The minimum absolute atomic E-state index is 0.151. The van der Waals surface area contributed by atoms with Crippen LogP contribution in [0.25, 0.3) is 0 Å². The van der Waals surface area contributed by atoms with E-state index in [4.69, 9.17) is 4.74 Å². The zero-order valence-corrected chi connectivity index (χ0v) is 15.5. The molecule has 5 heteroatoms. The highest BCUT2D eigenvalue weighted by Crippen LogP contribution is 2.35. The summed E-state index contributed by atoms with van der Waals surface area (Å²) in [5.74, 6) is -1.65.